The molecule has 0 bridgehead atoms. The molecule has 3 rings (SSSR count). The highest BCUT2D eigenvalue weighted by Crippen LogP contribution is 2.32. The minimum Gasteiger partial charge on any atom is -0.493 e. The molecular weight excluding hydrogens is 536 g/mol. The van der Waals surface area contributed by atoms with Gasteiger partial charge in [0.1, 0.15) is 0 Å². The maximum atomic E-state index is 12.6. The van der Waals surface area contributed by atoms with Gasteiger partial charge in [0.15, 0.2) is 17.5 Å². The van der Waals surface area contributed by atoms with Crippen molar-refractivity contribution in [3.63, 3.8) is 0 Å². The van der Waals surface area contributed by atoms with Gasteiger partial charge in [-0.1, -0.05) is 6.07 Å². The molecule has 1 atom stereocenters. The number of nitrogens with zero attached hydrogens (tertiary/aromatic N) is 2. The van der Waals surface area contributed by atoms with Crippen LogP contribution in [0.1, 0.15) is 44.6 Å². The molecule has 6 nitrogen and oxygen atoms in total. The van der Waals surface area contributed by atoms with E-state index in [0.29, 0.717) is 44.3 Å². The molecule has 182 valence electrons. The van der Waals surface area contributed by atoms with E-state index >= 15 is 0 Å². The zero-order valence-corrected chi connectivity index (χ0v) is 21.0. The Kier molecular flexibility index (Phi) is 10.7. The Morgan fingerprint density at radius 3 is 2.59 bits per heavy atom. The first kappa shape index (κ1) is 26.8. The zero-order valence-electron chi connectivity index (χ0n) is 18.7. The molecule has 0 spiro atoms. The maximum absolute atomic E-state index is 12.6. The Labute approximate surface area is 205 Å². The lowest BCUT2D eigenvalue weighted by atomic mass is 10.2. The molecule has 1 aromatic carbocycles. The summed E-state index contributed by atoms with van der Waals surface area (Å²) in [5.41, 5.74) is 0.970. The zero-order chi connectivity index (χ0) is 22.3. The van der Waals surface area contributed by atoms with E-state index in [1.54, 1.807) is 7.11 Å². The van der Waals surface area contributed by atoms with E-state index in [1.165, 1.54) is 17.7 Å². The predicted molar refractivity (Wildman–Crippen MR) is 130 cm³/mol. The Hall–Kier alpha value is -1.43. The van der Waals surface area contributed by atoms with Crippen molar-refractivity contribution < 1.29 is 22.6 Å². The third-order valence-electron chi connectivity index (χ3n) is 5.60. The molecule has 2 fully saturated rings. The molecule has 32 heavy (non-hydrogen) atoms. The number of aliphatic imine (C=N–C) groups is 1. The number of methoxy groups -OCH3 is 1. The standard InChI is InChI=1S/C22H33F3N4O2.HI/c1-3-26-21(28-17-10-11-29(14-17)15-22(23,24)25)27-13-16-8-9-19(20(12-16)30-2)31-18-6-4-5-7-18;/h8-9,12,17-18H,3-7,10-11,13-15H2,1-2H3,(H2,26,27,28);1H. The second-order valence-electron chi connectivity index (χ2n) is 8.18. The van der Waals surface area contributed by atoms with Gasteiger partial charge in [0.2, 0.25) is 0 Å². The van der Waals surface area contributed by atoms with Crippen LogP contribution in [0.25, 0.3) is 0 Å². The molecule has 1 aliphatic heterocycles. The number of alkyl halides is 3. The maximum Gasteiger partial charge on any atom is 0.401 e. The SMILES string of the molecule is CCNC(=NCc1ccc(OC2CCCC2)c(OC)c1)NC1CCN(CC(F)(F)F)C1.I. The first-order chi connectivity index (χ1) is 14.9. The summed E-state index contributed by atoms with van der Waals surface area (Å²) in [5, 5.41) is 6.44. The summed E-state index contributed by atoms with van der Waals surface area (Å²) < 4.78 is 49.4. The third kappa shape index (κ3) is 8.49. The molecule has 1 aromatic rings. The van der Waals surface area contributed by atoms with Crippen LogP contribution in [0.5, 0.6) is 11.5 Å². The van der Waals surface area contributed by atoms with E-state index in [4.69, 9.17) is 9.47 Å². The van der Waals surface area contributed by atoms with Crippen molar-refractivity contribution >= 4 is 29.9 Å². The second kappa shape index (κ2) is 12.7. The Bertz CT molecular complexity index is 742. The van der Waals surface area contributed by atoms with Crippen LogP contribution in [0.15, 0.2) is 23.2 Å². The largest absolute Gasteiger partial charge is 0.493 e. The van der Waals surface area contributed by atoms with Crippen LogP contribution < -0.4 is 20.1 Å². The number of likely N-dealkylation sites (tertiary alicyclic amines) is 1. The first-order valence-corrected chi connectivity index (χ1v) is 11.0. The molecule has 0 radical (unpaired) electrons. The van der Waals surface area contributed by atoms with E-state index in [-0.39, 0.29) is 36.1 Å². The van der Waals surface area contributed by atoms with Crippen molar-refractivity contribution in [2.24, 2.45) is 4.99 Å². The summed E-state index contributed by atoms with van der Waals surface area (Å²) in [4.78, 5) is 6.04. The van der Waals surface area contributed by atoms with Gasteiger partial charge in [-0.2, -0.15) is 13.2 Å². The molecule has 1 aliphatic carbocycles. The van der Waals surface area contributed by atoms with Gasteiger partial charge in [0.25, 0.3) is 0 Å². The van der Waals surface area contributed by atoms with Crippen molar-refractivity contribution in [2.75, 3.05) is 33.3 Å². The Morgan fingerprint density at radius 2 is 1.94 bits per heavy atom. The molecule has 2 aliphatic rings. The lowest BCUT2D eigenvalue weighted by Gasteiger charge is -2.20. The monoisotopic (exact) mass is 570 g/mol. The summed E-state index contributed by atoms with van der Waals surface area (Å²) in [6.45, 7) is 2.96. The minimum atomic E-state index is -4.17. The highest BCUT2D eigenvalue weighted by Gasteiger charge is 2.34. The topological polar surface area (TPSA) is 58.1 Å². The van der Waals surface area contributed by atoms with E-state index in [1.807, 2.05) is 25.1 Å². The lowest BCUT2D eigenvalue weighted by Crippen LogP contribution is -2.45. The summed E-state index contributed by atoms with van der Waals surface area (Å²) in [7, 11) is 1.63. The number of hydrogen-bond donors (Lipinski definition) is 2. The van der Waals surface area contributed by atoms with Crippen LogP contribution in [0.3, 0.4) is 0 Å². The van der Waals surface area contributed by atoms with E-state index in [2.05, 4.69) is 15.6 Å². The Balaban J connectivity index is 0.00000363. The fourth-order valence-corrected chi connectivity index (χ4v) is 4.12. The smallest absolute Gasteiger partial charge is 0.401 e. The predicted octanol–water partition coefficient (Wildman–Crippen LogP) is 4.33. The van der Waals surface area contributed by atoms with E-state index in [0.717, 1.165) is 24.2 Å². The number of guanidine groups is 1. The van der Waals surface area contributed by atoms with Crippen LogP contribution in [0.4, 0.5) is 13.2 Å². The average Bonchev–Trinajstić information content (AvgIpc) is 3.38. The molecule has 1 heterocycles. The third-order valence-corrected chi connectivity index (χ3v) is 5.60. The van der Waals surface area contributed by atoms with Crippen LogP contribution in [-0.4, -0.2) is 62.5 Å². The number of ether oxygens (including phenoxy) is 2. The van der Waals surface area contributed by atoms with Gasteiger partial charge in [-0.3, -0.25) is 4.90 Å². The number of halogens is 4. The van der Waals surface area contributed by atoms with Crippen LogP contribution in [0, 0.1) is 0 Å². The highest BCUT2D eigenvalue weighted by molar-refractivity contribution is 14.0. The van der Waals surface area contributed by atoms with Gasteiger partial charge in [-0.05, 0) is 56.7 Å². The number of rotatable bonds is 8. The fourth-order valence-electron chi connectivity index (χ4n) is 4.12. The quantitative estimate of drug-likeness (QED) is 0.277. The summed E-state index contributed by atoms with van der Waals surface area (Å²) >= 11 is 0. The summed E-state index contributed by atoms with van der Waals surface area (Å²) in [6.07, 6.45) is 1.31. The number of hydrogen-bond acceptors (Lipinski definition) is 4. The van der Waals surface area contributed by atoms with Crippen LogP contribution >= 0.6 is 24.0 Å². The number of benzene rings is 1. The van der Waals surface area contributed by atoms with Gasteiger partial charge < -0.3 is 20.1 Å². The second-order valence-corrected chi connectivity index (χ2v) is 8.18. The summed E-state index contributed by atoms with van der Waals surface area (Å²) in [6, 6.07) is 5.77. The molecule has 1 saturated carbocycles. The van der Waals surface area contributed by atoms with Gasteiger partial charge in [0, 0.05) is 25.7 Å². The number of nitrogens with one attached hydrogen (secondary N) is 2. The highest BCUT2D eigenvalue weighted by atomic mass is 127. The minimum absolute atomic E-state index is 0. The first-order valence-electron chi connectivity index (χ1n) is 11.0. The van der Waals surface area contributed by atoms with Gasteiger partial charge >= 0.3 is 6.18 Å². The molecule has 1 saturated heterocycles. The fraction of sp³-hybridized carbons (Fsp3) is 0.682. The van der Waals surface area contributed by atoms with E-state index < -0.39 is 12.7 Å². The average molecular weight is 570 g/mol. The van der Waals surface area contributed by atoms with Crippen molar-refractivity contribution in [1.29, 1.82) is 0 Å². The van der Waals surface area contributed by atoms with Crippen molar-refractivity contribution in [2.45, 2.75) is 63.9 Å². The molecule has 10 heteroatoms. The molecule has 1 unspecified atom stereocenters. The van der Waals surface area contributed by atoms with Crippen molar-refractivity contribution in [1.82, 2.24) is 15.5 Å². The normalized spacial score (nSPS) is 20.2. The van der Waals surface area contributed by atoms with Crippen molar-refractivity contribution in [3.05, 3.63) is 23.8 Å². The Morgan fingerprint density at radius 1 is 1.19 bits per heavy atom. The van der Waals surface area contributed by atoms with E-state index in [9.17, 15) is 13.2 Å². The van der Waals surface area contributed by atoms with Crippen LogP contribution in [-0.2, 0) is 6.54 Å². The van der Waals surface area contributed by atoms with Crippen LogP contribution in [0.2, 0.25) is 0 Å². The molecule has 0 amide bonds. The van der Waals surface area contributed by atoms with Gasteiger partial charge in [-0.15, -0.1) is 24.0 Å². The summed E-state index contributed by atoms with van der Waals surface area (Å²) in [5.74, 6) is 2.05. The van der Waals surface area contributed by atoms with Crippen molar-refractivity contribution in [3.8, 4) is 11.5 Å². The van der Waals surface area contributed by atoms with Gasteiger partial charge in [0.05, 0.1) is 26.3 Å². The molecular formula is C22H34F3IN4O2. The molecule has 0 aromatic heterocycles. The lowest BCUT2D eigenvalue weighted by molar-refractivity contribution is -0.143. The van der Waals surface area contributed by atoms with Gasteiger partial charge in [-0.25, -0.2) is 4.99 Å². The molecule has 2 N–H and O–H groups in total.